The minimum atomic E-state index is -0.696. The van der Waals surface area contributed by atoms with Crippen molar-refractivity contribution in [2.75, 3.05) is 5.32 Å². The number of ether oxygens (including phenoxy) is 1. The first-order valence-electron chi connectivity index (χ1n) is 6.45. The van der Waals surface area contributed by atoms with Gasteiger partial charge >= 0.3 is 12.0 Å². The number of benzene rings is 1. The Hall–Kier alpha value is -2.28. The number of halogens is 1. The summed E-state index contributed by atoms with van der Waals surface area (Å²) in [4.78, 5) is 34.2. The number of hydrazine groups is 1. The van der Waals surface area contributed by atoms with Gasteiger partial charge in [0.25, 0.3) is 0 Å². The van der Waals surface area contributed by atoms with E-state index in [9.17, 15) is 14.4 Å². The third-order valence-electron chi connectivity index (χ3n) is 2.20. The number of hydrogen-bond acceptors (Lipinski definition) is 4. The third-order valence-corrected chi connectivity index (χ3v) is 2.53. The smallest absolute Gasteiger partial charge is 0.338 e. The van der Waals surface area contributed by atoms with Gasteiger partial charge in [0.2, 0.25) is 5.91 Å². The fraction of sp³-hybridized carbons (Fsp3) is 0.357. The van der Waals surface area contributed by atoms with Crippen LogP contribution in [0.5, 0.6) is 0 Å². The van der Waals surface area contributed by atoms with Gasteiger partial charge in [-0.05, 0) is 39.0 Å². The normalized spacial score (nSPS) is 10.6. The van der Waals surface area contributed by atoms with Crippen LogP contribution in [0.2, 0.25) is 5.02 Å². The quantitative estimate of drug-likeness (QED) is 0.574. The molecule has 0 aliphatic carbocycles. The van der Waals surface area contributed by atoms with Crippen molar-refractivity contribution < 1.29 is 19.1 Å². The third kappa shape index (κ3) is 6.01. The van der Waals surface area contributed by atoms with Gasteiger partial charge in [-0.3, -0.25) is 10.2 Å². The summed E-state index contributed by atoms with van der Waals surface area (Å²) in [6.07, 6.45) is 0. The minimum absolute atomic E-state index is 0.216. The number of esters is 1. The van der Waals surface area contributed by atoms with Gasteiger partial charge in [0.15, 0.2) is 0 Å². The van der Waals surface area contributed by atoms with Crippen molar-refractivity contribution >= 4 is 35.2 Å². The second kappa shape index (κ2) is 7.13. The van der Waals surface area contributed by atoms with Crippen LogP contribution in [0.25, 0.3) is 0 Å². The van der Waals surface area contributed by atoms with Crippen molar-refractivity contribution in [1.82, 2.24) is 10.9 Å². The van der Waals surface area contributed by atoms with E-state index in [1.165, 1.54) is 25.1 Å². The van der Waals surface area contributed by atoms with E-state index in [-0.39, 0.29) is 16.3 Å². The summed E-state index contributed by atoms with van der Waals surface area (Å²) in [6, 6.07) is 3.66. The monoisotopic (exact) mass is 327 g/mol. The van der Waals surface area contributed by atoms with Gasteiger partial charge in [-0.15, -0.1) is 0 Å². The molecule has 1 aromatic carbocycles. The summed E-state index contributed by atoms with van der Waals surface area (Å²) in [5, 5.41) is 2.66. The van der Waals surface area contributed by atoms with Gasteiger partial charge in [0.1, 0.15) is 5.60 Å². The van der Waals surface area contributed by atoms with Crippen LogP contribution in [0, 0.1) is 0 Å². The molecule has 0 atom stereocenters. The predicted molar refractivity (Wildman–Crippen MR) is 82.6 cm³/mol. The molecular formula is C14H18ClN3O4. The molecule has 22 heavy (non-hydrogen) atoms. The summed E-state index contributed by atoms with van der Waals surface area (Å²) in [5.41, 5.74) is 4.07. The van der Waals surface area contributed by atoms with Crippen molar-refractivity contribution in [2.24, 2.45) is 0 Å². The number of carbonyl (C=O) groups excluding carboxylic acids is 3. The molecule has 0 saturated carbocycles. The summed E-state index contributed by atoms with van der Waals surface area (Å²) < 4.78 is 5.24. The van der Waals surface area contributed by atoms with Crippen molar-refractivity contribution in [3.8, 4) is 0 Å². The van der Waals surface area contributed by atoms with Crippen LogP contribution in [0.4, 0.5) is 10.5 Å². The molecule has 0 aliphatic rings. The van der Waals surface area contributed by atoms with Gasteiger partial charge in [-0.25, -0.2) is 15.0 Å². The molecule has 7 nitrogen and oxygen atoms in total. The van der Waals surface area contributed by atoms with E-state index >= 15 is 0 Å². The van der Waals surface area contributed by atoms with E-state index in [0.29, 0.717) is 0 Å². The van der Waals surface area contributed by atoms with Crippen molar-refractivity contribution in [2.45, 2.75) is 33.3 Å². The topological polar surface area (TPSA) is 96.5 Å². The number of hydrogen-bond donors (Lipinski definition) is 3. The Kier molecular flexibility index (Phi) is 5.76. The Morgan fingerprint density at radius 2 is 1.77 bits per heavy atom. The molecule has 3 amide bonds. The Morgan fingerprint density at radius 3 is 2.32 bits per heavy atom. The van der Waals surface area contributed by atoms with Gasteiger partial charge in [0.05, 0.1) is 16.3 Å². The summed E-state index contributed by atoms with van der Waals surface area (Å²) in [6.45, 7) is 6.50. The van der Waals surface area contributed by atoms with Crippen LogP contribution >= 0.6 is 11.6 Å². The van der Waals surface area contributed by atoms with Crippen LogP contribution < -0.4 is 16.2 Å². The van der Waals surface area contributed by atoms with Crippen molar-refractivity contribution in [1.29, 1.82) is 0 Å². The molecule has 0 fully saturated rings. The lowest BCUT2D eigenvalue weighted by atomic mass is 10.1. The van der Waals surface area contributed by atoms with E-state index in [4.69, 9.17) is 16.3 Å². The average molecular weight is 328 g/mol. The van der Waals surface area contributed by atoms with E-state index in [2.05, 4.69) is 16.2 Å². The van der Waals surface area contributed by atoms with Crippen LogP contribution in [0.15, 0.2) is 18.2 Å². The molecule has 1 rings (SSSR count). The van der Waals surface area contributed by atoms with Gasteiger partial charge < -0.3 is 10.1 Å². The molecule has 0 aromatic heterocycles. The van der Waals surface area contributed by atoms with Crippen LogP contribution in [-0.4, -0.2) is 23.5 Å². The number of nitrogens with one attached hydrogen (secondary N) is 3. The van der Waals surface area contributed by atoms with E-state index in [0.717, 1.165) is 0 Å². The first kappa shape index (κ1) is 17.8. The highest BCUT2D eigenvalue weighted by molar-refractivity contribution is 6.33. The molecule has 120 valence electrons. The summed E-state index contributed by atoms with van der Waals surface area (Å²) in [5.74, 6) is -0.960. The predicted octanol–water partition coefficient (Wildman–Crippen LogP) is 2.47. The lowest BCUT2D eigenvalue weighted by Gasteiger charge is -2.19. The number of anilines is 1. The second-order valence-corrected chi connectivity index (χ2v) is 5.86. The zero-order chi connectivity index (χ0) is 16.9. The Labute approximate surface area is 133 Å². The lowest BCUT2D eigenvalue weighted by Crippen LogP contribution is -2.42. The zero-order valence-corrected chi connectivity index (χ0v) is 13.5. The van der Waals surface area contributed by atoms with Crippen LogP contribution in [0.1, 0.15) is 38.1 Å². The largest absolute Gasteiger partial charge is 0.456 e. The van der Waals surface area contributed by atoms with Crippen molar-refractivity contribution in [3.05, 3.63) is 28.8 Å². The fourth-order valence-corrected chi connectivity index (χ4v) is 1.55. The van der Waals surface area contributed by atoms with E-state index < -0.39 is 23.5 Å². The molecular weight excluding hydrogens is 310 g/mol. The van der Waals surface area contributed by atoms with E-state index in [1.807, 2.05) is 0 Å². The fourth-order valence-electron chi connectivity index (χ4n) is 1.38. The highest BCUT2D eigenvalue weighted by Gasteiger charge is 2.19. The SMILES string of the molecule is CC(=O)NNC(=O)Nc1cc(C(=O)OC(C)(C)C)ccc1Cl. The molecule has 0 heterocycles. The summed E-state index contributed by atoms with van der Waals surface area (Å²) in [7, 11) is 0. The number of carbonyl (C=O) groups is 3. The standard InChI is InChI=1S/C14H18ClN3O4/c1-8(19)17-18-13(21)16-11-7-9(5-6-10(11)15)12(20)22-14(2,3)4/h5-7H,1-4H3,(H,17,19)(H2,16,18,21). The molecule has 0 spiro atoms. The van der Waals surface area contributed by atoms with Gasteiger partial charge in [0, 0.05) is 6.92 Å². The average Bonchev–Trinajstić information content (AvgIpc) is 2.37. The molecule has 1 aromatic rings. The first-order chi connectivity index (χ1) is 10.1. The highest BCUT2D eigenvalue weighted by atomic mass is 35.5. The Bertz CT molecular complexity index is 596. The zero-order valence-electron chi connectivity index (χ0n) is 12.7. The molecule has 0 radical (unpaired) electrons. The molecule has 8 heteroatoms. The Balaban J connectivity index is 2.84. The second-order valence-electron chi connectivity index (χ2n) is 5.46. The van der Waals surface area contributed by atoms with Gasteiger partial charge in [-0.2, -0.15) is 0 Å². The molecule has 0 unspecified atom stereocenters. The maximum Gasteiger partial charge on any atom is 0.338 e. The summed E-state index contributed by atoms with van der Waals surface area (Å²) >= 11 is 5.96. The number of amides is 3. The van der Waals surface area contributed by atoms with Gasteiger partial charge in [-0.1, -0.05) is 11.6 Å². The molecule has 3 N–H and O–H groups in total. The maximum absolute atomic E-state index is 12.0. The van der Waals surface area contributed by atoms with Crippen molar-refractivity contribution in [3.63, 3.8) is 0 Å². The Morgan fingerprint density at radius 1 is 1.14 bits per heavy atom. The first-order valence-corrected chi connectivity index (χ1v) is 6.83. The minimum Gasteiger partial charge on any atom is -0.456 e. The van der Waals surface area contributed by atoms with Crippen LogP contribution in [-0.2, 0) is 9.53 Å². The van der Waals surface area contributed by atoms with E-state index in [1.54, 1.807) is 20.8 Å². The highest BCUT2D eigenvalue weighted by Crippen LogP contribution is 2.24. The maximum atomic E-state index is 12.0. The number of rotatable bonds is 2. The molecule has 0 aliphatic heterocycles. The lowest BCUT2D eigenvalue weighted by molar-refractivity contribution is -0.119. The molecule has 0 saturated heterocycles. The molecule has 0 bridgehead atoms. The number of urea groups is 1. The van der Waals surface area contributed by atoms with Crippen LogP contribution in [0.3, 0.4) is 0 Å².